The molecule has 4 heteroatoms. The zero-order valence-corrected chi connectivity index (χ0v) is 11.7. The molecule has 2 aromatic carbocycles. The van der Waals surface area contributed by atoms with E-state index in [0.29, 0.717) is 0 Å². The number of halogens is 3. The highest BCUT2D eigenvalue weighted by atomic mass is 19.4. The topological polar surface area (TPSA) is 12.9 Å². The van der Waals surface area contributed by atoms with E-state index in [0.717, 1.165) is 12.3 Å². The molecule has 0 saturated heterocycles. The van der Waals surface area contributed by atoms with E-state index >= 15 is 0 Å². The Bertz CT molecular complexity index is 627. The quantitative estimate of drug-likeness (QED) is 0.582. The summed E-state index contributed by atoms with van der Waals surface area (Å²) >= 11 is 0. The van der Waals surface area contributed by atoms with Gasteiger partial charge >= 0.3 is 6.18 Å². The van der Waals surface area contributed by atoms with E-state index in [2.05, 4.69) is 53.5 Å². The van der Waals surface area contributed by atoms with Gasteiger partial charge in [0.15, 0.2) is 0 Å². The molecule has 3 aromatic rings. The number of pyridine rings is 1. The molecular formula is C18H14F3N. The van der Waals surface area contributed by atoms with Crippen molar-refractivity contribution in [2.75, 3.05) is 0 Å². The lowest BCUT2D eigenvalue weighted by molar-refractivity contribution is -0.141. The monoisotopic (exact) mass is 301 g/mol. The first-order valence-corrected chi connectivity index (χ1v) is 6.66. The van der Waals surface area contributed by atoms with Gasteiger partial charge in [0.1, 0.15) is 5.69 Å². The molecule has 0 aliphatic carbocycles. The van der Waals surface area contributed by atoms with Gasteiger partial charge in [0.25, 0.3) is 0 Å². The van der Waals surface area contributed by atoms with Crippen molar-refractivity contribution in [1.82, 2.24) is 4.98 Å². The number of hydrogen-bond acceptors (Lipinski definition) is 1. The Hall–Kier alpha value is -2.62. The highest BCUT2D eigenvalue weighted by Gasteiger charge is 2.31. The van der Waals surface area contributed by atoms with Gasteiger partial charge < -0.3 is 0 Å². The van der Waals surface area contributed by atoms with Crippen LogP contribution in [0, 0.1) is 0 Å². The first-order chi connectivity index (χ1) is 10.6. The molecule has 0 radical (unpaired) electrons. The maximum absolute atomic E-state index is 11.7. The summed E-state index contributed by atoms with van der Waals surface area (Å²) in [4.78, 5) is 3.12. The third-order valence-corrected chi connectivity index (χ3v) is 2.84. The molecule has 1 heterocycles. The van der Waals surface area contributed by atoms with Crippen molar-refractivity contribution in [2.24, 2.45) is 0 Å². The van der Waals surface area contributed by atoms with Crippen LogP contribution in [0.2, 0.25) is 0 Å². The number of aromatic nitrogens is 1. The van der Waals surface area contributed by atoms with Crippen molar-refractivity contribution in [3.63, 3.8) is 0 Å². The van der Waals surface area contributed by atoms with Crippen LogP contribution < -0.4 is 0 Å². The third kappa shape index (κ3) is 4.74. The van der Waals surface area contributed by atoms with E-state index in [1.165, 1.54) is 23.3 Å². The van der Waals surface area contributed by atoms with E-state index < -0.39 is 11.9 Å². The number of alkyl halides is 3. The molecule has 22 heavy (non-hydrogen) atoms. The summed E-state index contributed by atoms with van der Waals surface area (Å²) in [6.07, 6.45) is -3.20. The largest absolute Gasteiger partial charge is 0.433 e. The molecule has 1 nitrogen and oxygen atoms in total. The summed E-state index contributed by atoms with van der Waals surface area (Å²) in [6, 6.07) is 24.5. The van der Waals surface area contributed by atoms with Gasteiger partial charge in [-0.3, -0.25) is 4.98 Å². The van der Waals surface area contributed by atoms with Crippen LogP contribution in [0.4, 0.5) is 13.2 Å². The standard InChI is InChI=1S/C12H10.C6H4F3N/c1-3-7-11(8-4-1)12-9-5-2-6-10-12;7-6(8,9)5-3-1-2-4-10-5/h1-10H;1-4H. The van der Waals surface area contributed by atoms with Gasteiger partial charge in [-0.1, -0.05) is 66.7 Å². The summed E-state index contributed by atoms with van der Waals surface area (Å²) in [5, 5.41) is 0. The van der Waals surface area contributed by atoms with Crippen LogP contribution in [0.25, 0.3) is 11.1 Å². The second kappa shape index (κ2) is 7.41. The maximum atomic E-state index is 11.7. The maximum Gasteiger partial charge on any atom is 0.433 e. The molecule has 0 atom stereocenters. The van der Waals surface area contributed by atoms with Gasteiger partial charge in [-0.2, -0.15) is 13.2 Å². The van der Waals surface area contributed by atoms with Crippen LogP contribution in [0.1, 0.15) is 5.69 Å². The van der Waals surface area contributed by atoms with Crippen LogP contribution in [0.3, 0.4) is 0 Å². The molecule has 0 aliphatic rings. The first-order valence-electron chi connectivity index (χ1n) is 6.66. The van der Waals surface area contributed by atoms with Gasteiger partial charge in [-0.05, 0) is 23.3 Å². The average Bonchev–Trinajstić information content (AvgIpc) is 2.57. The minimum Gasteiger partial charge on any atom is -0.252 e. The van der Waals surface area contributed by atoms with E-state index in [4.69, 9.17) is 0 Å². The van der Waals surface area contributed by atoms with Crippen LogP contribution >= 0.6 is 0 Å². The van der Waals surface area contributed by atoms with Crippen molar-refractivity contribution in [3.8, 4) is 11.1 Å². The molecule has 0 unspecified atom stereocenters. The van der Waals surface area contributed by atoms with Crippen LogP contribution in [0.15, 0.2) is 85.1 Å². The lowest BCUT2D eigenvalue weighted by Gasteiger charge is -2.02. The van der Waals surface area contributed by atoms with Crippen LogP contribution in [-0.2, 0) is 6.18 Å². The Morgan fingerprint density at radius 1 is 0.591 bits per heavy atom. The van der Waals surface area contributed by atoms with Crippen molar-refractivity contribution in [1.29, 1.82) is 0 Å². The van der Waals surface area contributed by atoms with Gasteiger partial charge in [-0.25, -0.2) is 0 Å². The Morgan fingerprint density at radius 3 is 1.36 bits per heavy atom. The molecule has 0 amide bonds. The molecule has 0 N–H and O–H groups in total. The number of nitrogens with zero attached hydrogens (tertiary/aromatic N) is 1. The van der Waals surface area contributed by atoms with E-state index in [1.54, 1.807) is 0 Å². The number of rotatable bonds is 1. The Kier molecular flexibility index (Phi) is 5.31. The normalized spacial score (nSPS) is 10.5. The van der Waals surface area contributed by atoms with Crippen LogP contribution in [-0.4, -0.2) is 4.98 Å². The molecule has 0 spiro atoms. The average molecular weight is 301 g/mol. The molecule has 0 bridgehead atoms. The Labute approximate surface area is 127 Å². The van der Waals surface area contributed by atoms with Gasteiger partial charge in [0.05, 0.1) is 0 Å². The van der Waals surface area contributed by atoms with Gasteiger partial charge in [0.2, 0.25) is 0 Å². The first kappa shape index (κ1) is 15.8. The predicted octanol–water partition coefficient (Wildman–Crippen LogP) is 5.45. The second-order valence-corrected chi connectivity index (χ2v) is 4.44. The SMILES string of the molecule is FC(F)(F)c1ccccn1.c1ccc(-c2ccccc2)cc1. The van der Waals surface area contributed by atoms with Crippen molar-refractivity contribution in [2.45, 2.75) is 6.18 Å². The Morgan fingerprint density at radius 2 is 1.05 bits per heavy atom. The lowest BCUT2D eigenvalue weighted by Crippen LogP contribution is -2.06. The summed E-state index contributed by atoms with van der Waals surface area (Å²) in [5.41, 5.74) is 1.70. The summed E-state index contributed by atoms with van der Waals surface area (Å²) in [6.45, 7) is 0. The molecule has 0 fully saturated rings. The fraction of sp³-hybridized carbons (Fsp3) is 0.0556. The van der Waals surface area contributed by atoms with Gasteiger partial charge in [-0.15, -0.1) is 0 Å². The lowest BCUT2D eigenvalue weighted by atomic mass is 10.1. The number of benzene rings is 2. The predicted molar refractivity (Wildman–Crippen MR) is 81.1 cm³/mol. The van der Waals surface area contributed by atoms with E-state index in [1.807, 2.05) is 12.1 Å². The molecule has 1 aromatic heterocycles. The minimum absolute atomic E-state index is 0.852. The highest BCUT2D eigenvalue weighted by Crippen LogP contribution is 2.26. The number of hydrogen-bond donors (Lipinski definition) is 0. The zero-order valence-electron chi connectivity index (χ0n) is 11.7. The molecule has 112 valence electrons. The van der Waals surface area contributed by atoms with Crippen molar-refractivity contribution in [3.05, 3.63) is 90.8 Å². The summed E-state index contributed by atoms with van der Waals surface area (Å²) in [7, 11) is 0. The fourth-order valence-electron chi connectivity index (χ4n) is 1.79. The minimum atomic E-state index is -4.32. The van der Waals surface area contributed by atoms with Gasteiger partial charge in [0, 0.05) is 6.20 Å². The van der Waals surface area contributed by atoms with E-state index in [9.17, 15) is 13.2 Å². The van der Waals surface area contributed by atoms with Crippen LogP contribution in [0.5, 0.6) is 0 Å². The molecular weight excluding hydrogens is 287 g/mol. The second-order valence-electron chi connectivity index (χ2n) is 4.44. The molecule has 0 saturated carbocycles. The Balaban J connectivity index is 0.000000164. The fourth-order valence-corrected chi connectivity index (χ4v) is 1.79. The third-order valence-electron chi connectivity index (χ3n) is 2.84. The van der Waals surface area contributed by atoms with Crippen molar-refractivity contribution >= 4 is 0 Å². The van der Waals surface area contributed by atoms with E-state index in [-0.39, 0.29) is 0 Å². The smallest absolute Gasteiger partial charge is 0.252 e. The highest BCUT2D eigenvalue weighted by molar-refractivity contribution is 5.62. The van der Waals surface area contributed by atoms with Crippen molar-refractivity contribution < 1.29 is 13.2 Å². The zero-order chi connectivity index (χ0) is 15.8. The molecule has 0 aliphatic heterocycles. The molecule has 3 rings (SSSR count). The summed E-state index contributed by atoms with van der Waals surface area (Å²) in [5.74, 6) is 0. The summed E-state index contributed by atoms with van der Waals surface area (Å²) < 4.78 is 35.2.